The Bertz CT molecular complexity index is 357. The number of hydrogen-bond acceptors (Lipinski definition) is 5. The van der Waals surface area contributed by atoms with Crippen LogP contribution in [0.25, 0.3) is 0 Å². The van der Waals surface area contributed by atoms with Crippen molar-refractivity contribution in [2.75, 3.05) is 26.6 Å². The van der Waals surface area contributed by atoms with Gasteiger partial charge in [0.1, 0.15) is 17.2 Å². The van der Waals surface area contributed by atoms with Gasteiger partial charge in [0.05, 0.1) is 20.8 Å². The molecule has 0 fully saturated rings. The van der Waals surface area contributed by atoms with E-state index in [4.69, 9.17) is 19.9 Å². The van der Waals surface area contributed by atoms with Gasteiger partial charge in [-0.2, -0.15) is 12.6 Å². The molecule has 1 aromatic rings. The van der Waals surface area contributed by atoms with E-state index in [9.17, 15) is 0 Å². The summed E-state index contributed by atoms with van der Waals surface area (Å²) in [6.45, 7) is 0.662. The fourth-order valence-corrected chi connectivity index (χ4v) is 1.84. The highest BCUT2D eigenvalue weighted by atomic mass is 35.5. The van der Waals surface area contributed by atoms with Gasteiger partial charge >= 0.3 is 0 Å². The standard InChI is InChI=1S/C14H23NO3S.ClH/c1-16-12-7-13(17-2)9-14(8-12)18-6-4-3-5-11(15)10-19;/h7-9,11,19H,3-6,10,15H2,1-2H3;1H/t11-;/m0./s1. The molecule has 0 aromatic heterocycles. The molecule has 0 radical (unpaired) electrons. The summed E-state index contributed by atoms with van der Waals surface area (Å²) in [7, 11) is 3.24. The Kier molecular flexibility index (Phi) is 10.5. The van der Waals surface area contributed by atoms with Crippen LogP contribution in [-0.2, 0) is 0 Å². The second-order valence-corrected chi connectivity index (χ2v) is 4.70. The minimum Gasteiger partial charge on any atom is -0.496 e. The van der Waals surface area contributed by atoms with Crippen LogP contribution in [-0.4, -0.2) is 32.6 Å². The van der Waals surface area contributed by atoms with E-state index in [1.165, 1.54) is 0 Å². The SMILES string of the molecule is COc1cc(OC)cc(OCCCC[C@H](N)CS)c1.Cl. The molecule has 0 aliphatic heterocycles. The predicted molar refractivity (Wildman–Crippen MR) is 88.0 cm³/mol. The first-order chi connectivity index (χ1) is 9.19. The van der Waals surface area contributed by atoms with Crippen LogP contribution in [0.15, 0.2) is 18.2 Å². The fraction of sp³-hybridized carbons (Fsp3) is 0.571. The van der Waals surface area contributed by atoms with Crippen molar-refractivity contribution in [3.05, 3.63) is 18.2 Å². The molecule has 0 amide bonds. The molecule has 0 bridgehead atoms. The zero-order valence-electron chi connectivity index (χ0n) is 12.0. The van der Waals surface area contributed by atoms with E-state index in [0.29, 0.717) is 6.61 Å². The Hall–Kier alpha value is -0.780. The topological polar surface area (TPSA) is 53.7 Å². The number of methoxy groups -OCH3 is 2. The number of hydrogen-bond donors (Lipinski definition) is 2. The van der Waals surface area contributed by atoms with Gasteiger partial charge in [0, 0.05) is 30.0 Å². The molecule has 2 N–H and O–H groups in total. The van der Waals surface area contributed by atoms with E-state index in [-0.39, 0.29) is 18.4 Å². The summed E-state index contributed by atoms with van der Waals surface area (Å²) in [6, 6.07) is 5.70. The van der Waals surface area contributed by atoms with Gasteiger partial charge in [0.15, 0.2) is 0 Å². The molecular weight excluding hydrogens is 298 g/mol. The van der Waals surface area contributed by atoms with Crippen LogP contribution in [0, 0.1) is 0 Å². The minimum atomic E-state index is 0. The lowest BCUT2D eigenvalue weighted by Crippen LogP contribution is -2.21. The number of rotatable bonds is 9. The van der Waals surface area contributed by atoms with Crippen LogP contribution in [0.3, 0.4) is 0 Å². The number of thiol groups is 1. The van der Waals surface area contributed by atoms with Crippen LogP contribution < -0.4 is 19.9 Å². The predicted octanol–water partition coefficient (Wildman–Crippen LogP) is 2.93. The second kappa shape index (κ2) is 10.9. The molecule has 0 aliphatic rings. The molecule has 0 spiro atoms. The molecule has 0 aliphatic carbocycles. The van der Waals surface area contributed by atoms with Crippen molar-refractivity contribution in [2.45, 2.75) is 25.3 Å². The Morgan fingerprint density at radius 2 is 1.60 bits per heavy atom. The van der Waals surface area contributed by atoms with Gasteiger partial charge in [-0.1, -0.05) is 0 Å². The summed E-state index contributed by atoms with van der Waals surface area (Å²) >= 11 is 4.16. The van der Waals surface area contributed by atoms with Crippen LogP contribution in [0.5, 0.6) is 17.2 Å². The van der Waals surface area contributed by atoms with Crippen LogP contribution in [0.2, 0.25) is 0 Å². The quantitative estimate of drug-likeness (QED) is 0.542. The van der Waals surface area contributed by atoms with Crippen molar-refractivity contribution >= 4 is 25.0 Å². The Morgan fingerprint density at radius 3 is 2.10 bits per heavy atom. The maximum absolute atomic E-state index is 5.79. The van der Waals surface area contributed by atoms with Gasteiger partial charge in [-0.3, -0.25) is 0 Å². The minimum absolute atomic E-state index is 0. The fourth-order valence-electron chi connectivity index (χ4n) is 1.65. The molecule has 0 heterocycles. The van der Waals surface area contributed by atoms with Crippen molar-refractivity contribution in [1.82, 2.24) is 0 Å². The zero-order chi connectivity index (χ0) is 14.1. The van der Waals surface area contributed by atoms with Crippen LogP contribution >= 0.6 is 25.0 Å². The smallest absolute Gasteiger partial charge is 0.126 e. The monoisotopic (exact) mass is 321 g/mol. The van der Waals surface area contributed by atoms with Crippen molar-refractivity contribution in [1.29, 1.82) is 0 Å². The first kappa shape index (κ1) is 19.2. The molecule has 116 valence electrons. The van der Waals surface area contributed by atoms with E-state index < -0.39 is 0 Å². The summed E-state index contributed by atoms with van der Waals surface area (Å²) in [6.07, 6.45) is 3.00. The lowest BCUT2D eigenvalue weighted by molar-refractivity contribution is 0.299. The summed E-state index contributed by atoms with van der Waals surface area (Å²) < 4.78 is 16.1. The van der Waals surface area contributed by atoms with E-state index in [0.717, 1.165) is 42.3 Å². The highest BCUT2D eigenvalue weighted by Crippen LogP contribution is 2.27. The Labute approximate surface area is 132 Å². The van der Waals surface area contributed by atoms with E-state index in [1.807, 2.05) is 18.2 Å². The summed E-state index contributed by atoms with van der Waals surface area (Å²) in [4.78, 5) is 0. The van der Waals surface area contributed by atoms with Crippen molar-refractivity contribution in [2.24, 2.45) is 5.73 Å². The molecule has 0 unspecified atom stereocenters. The molecule has 0 saturated carbocycles. The molecule has 6 heteroatoms. The number of halogens is 1. The van der Waals surface area contributed by atoms with E-state index in [1.54, 1.807) is 14.2 Å². The lowest BCUT2D eigenvalue weighted by Gasteiger charge is -2.11. The van der Waals surface area contributed by atoms with Gasteiger partial charge in [-0.25, -0.2) is 0 Å². The molecular formula is C14H24ClNO3S. The first-order valence-electron chi connectivity index (χ1n) is 6.42. The molecule has 4 nitrogen and oxygen atoms in total. The normalized spacial score (nSPS) is 11.4. The summed E-state index contributed by atoms with van der Waals surface area (Å²) in [5.41, 5.74) is 5.79. The lowest BCUT2D eigenvalue weighted by atomic mass is 10.1. The van der Waals surface area contributed by atoms with Crippen LogP contribution in [0.1, 0.15) is 19.3 Å². The van der Waals surface area contributed by atoms with Gasteiger partial charge in [0.2, 0.25) is 0 Å². The Morgan fingerprint density at radius 1 is 1.05 bits per heavy atom. The highest BCUT2D eigenvalue weighted by molar-refractivity contribution is 7.80. The molecule has 1 atom stereocenters. The average molecular weight is 322 g/mol. The molecule has 1 rings (SSSR count). The molecule has 0 saturated heterocycles. The van der Waals surface area contributed by atoms with Gasteiger partial charge in [0.25, 0.3) is 0 Å². The summed E-state index contributed by atoms with van der Waals surface area (Å²) in [5.74, 6) is 2.95. The van der Waals surface area contributed by atoms with Crippen molar-refractivity contribution in [3.8, 4) is 17.2 Å². The largest absolute Gasteiger partial charge is 0.496 e. The summed E-state index contributed by atoms with van der Waals surface area (Å²) in [5, 5.41) is 0. The molecule has 1 aromatic carbocycles. The number of nitrogens with two attached hydrogens (primary N) is 1. The van der Waals surface area contributed by atoms with Gasteiger partial charge < -0.3 is 19.9 Å². The number of ether oxygens (including phenoxy) is 3. The van der Waals surface area contributed by atoms with Crippen molar-refractivity contribution < 1.29 is 14.2 Å². The average Bonchev–Trinajstić information content (AvgIpc) is 2.46. The molecule has 20 heavy (non-hydrogen) atoms. The van der Waals surface area contributed by atoms with E-state index >= 15 is 0 Å². The zero-order valence-corrected chi connectivity index (χ0v) is 13.7. The third-order valence-electron chi connectivity index (χ3n) is 2.80. The number of benzene rings is 1. The van der Waals surface area contributed by atoms with E-state index in [2.05, 4.69) is 12.6 Å². The third kappa shape index (κ3) is 7.12. The van der Waals surface area contributed by atoms with Crippen molar-refractivity contribution in [3.63, 3.8) is 0 Å². The van der Waals surface area contributed by atoms with Gasteiger partial charge in [-0.05, 0) is 19.3 Å². The Balaban J connectivity index is 0.00000361. The maximum atomic E-state index is 5.79. The highest BCUT2D eigenvalue weighted by Gasteiger charge is 2.03. The third-order valence-corrected chi connectivity index (χ3v) is 3.27. The van der Waals surface area contributed by atoms with Crippen LogP contribution in [0.4, 0.5) is 0 Å². The maximum Gasteiger partial charge on any atom is 0.126 e. The first-order valence-corrected chi connectivity index (χ1v) is 7.05. The van der Waals surface area contributed by atoms with Gasteiger partial charge in [-0.15, -0.1) is 12.4 Å². The second-order valence-electron chi connectivity index (χ2n) is 4.34. The number of unbranched alkanes of at least 4 members (excludes halogenated alkanes) is 1.